The van der Waals surface area contributed by atoms with E-state index < -0.39 is 12.0 Å². The van der Waals surface area contributed by atoms with Crippen LogP contribution in [0.4, 0.5) is 0 Å². The number of benzene rings is 3. The predicted molar refractivity (Wildman–Crippen MR) is 140 cm³/mol. The maximum absolute atomic E-state index is 12.5. The molecule has 4 rings (SSSR count). The highest BCUT2D eigenvalue weighted by Gasteiger charge is 2.16. The van der Waals surface area contributed by atoms with Crippen LogP contribution in [0.25, 0.3) is 0 Å². The van der Waals surface area contributed by atoms with Gasteiger partial charge in [0.15, 0.2) is 0 Å². The first-order valence-electron chi connectivity index (χ1n) is 12.0. The highest BCUT2D eigenvalue weighted by molar-refractivity contribution is 5.75. The van der Waals surface area contributed by atoms with E-state index in [0.29, 0.717) is 18.9 Å². The number of nitrogens with two attached hydrogens (primary N) is 1. The summed E-state index contributed by atoms with van der Waals surface area (Å²) in [6.45, 7) is 0.844. The minimum atomic E-state index is -0.827. The summed E-state index contributed by atoms with van der Waals surface area (Å²) in [6.07, 6.45) is 2.70. The second-order valence-electron chi connectivity index (χ2n) is 8.60. The number of nitrogens with zero attached hydrogens (tertiary/aromatic N) is 1. The van der Waals surface area contributed by atoms with Crippen molar-refractivity contribution in [2.45, 2.75) is 38.6 Å². The van der Waals surface area contributed by atoms with Gasteiger partial charge in [0.25, 0.3) is 5.56 Å². The molecule has 1 atom stereocenters. The molecule has 2 N–H and O–H groups in total. The topological polar surface area (TPSA) is 83.5 Å². The molecule has 3 aromatic carbocycles. The van der Waals surface area contributed by atoms with Gasteiger partial charge in [0.1, 0.15) is 25.0 Å². The molecule has 1 aromatic heterocycles. The molecule has 6 heteroatoms. The van der Waals surface area contributed by atoms with E-state index in [0.717, 1.165) is 23.1 Å². The average molecular weight is 483 g/mol. The van der Waals surface area contributed by atoms with Gasteiger partial charge in [-0.15, -0.1) is 0 Å². The van der Waals surface area contributed by atoms with Crippen LogP contribution < -0.4 is 16.0 Å². The Morgan fingerprint density at radius 3 is 2.14 bits per heavy atom. The lowest BCUT2D eigenvalue weighted by molar-refractivity contribution is -0.146. The van der Waals surface area contributed by atoms with E-state index in [-0.39, 0.29) is 18.6 Å². The number of esters is 1. The summed E-state index contributed by atoms with van der Waals surface area (Å²) in [5.74, 6) is 0.0124. The highest BCUT2D eigenvalue weighted by Crippen LogP contribution is 2.16. The van der Waals surface area contributed by atoms with Crippen molar-refractivity contribution in [2.75, 3.05) is 0 Å². The minimum absolute atomic E-state index is 0.156. The van der Waals surface area contributed by atoms with Crippen LogP contribution in [0.1, 0.15) is 28.7 Å². The Kier molecular flexibility index (Phi) is 8.67. The quantitative estimate of drug-likeness (QED) is 0.319. The molecule has 0 aliphatic carbocycles. The molecule has 0 bridgehead atoms. The fraction of sp³-hybridized carbons (Fsp3) is 0.200. The molecule has 0 fully saturated rings. The van der Waals surface area contributed by atoms with Gasteiger partial charge < -0.3 is 19.8 Å². The molecule has 6 nitrogen and oxygen atoms in total. The Balaban J connectivity index is 1.26. The van der Waals surface area contributed by atoms with Crippen LogP contribution in [-0.2, 0) is 35.7 Å². The lowest BCUT2D eigenvalue weighted by Crippen LogP contribution is -2.34. The van der Waals surface area contributed by atoms with Gasteiger partial charge in [-0.25, -0.2) is 0 Å². The van der Waals surface area contributed by atoms with Crippen LogP contribution in [0.5, 0.6) is 5.75 Å². The number of rotatable bonds is 11. The molecule has 1 unspecified atom stereocenters. The number of carbonyl (C=O) groups is 1. The van der Waals surface area contributed by atoms with Gasteiger partial charge in [0, 0.05) is 18.8 Å². The molecule has 36 heavy (non-hydrogen) atoms. The third-order valence-corrected chi connectivity index (χ3v) is 5.93. The largest absolute Gasteiger partial charge is 0.489 e. The van der Waals surface area contributed by atoms with Crippen molar-refractivity contribution in [1.29, 1.82) is 0 Å². The van der Waals surface area contributed by atoms with Crippen molar-refractivity contribution in [1.82, 2.24) is 4.57 Å². The lowest BCUT2D eigenvalue weighted by Gasteiger charge is -2.15. The summed E-state index contributed by atoms with van der Waals surface area (Å²) in [4.78, 5) is 25.0. The van der Waals surface area contributed by atoms with Gasteiger partial charge in [-0.1, -0.05) is 84.9 Å². The minimum Gasteiger partial charge on any atom is -0.489 e. The molecule has 0 saturated heterocycles. The van der Waals surface area contributed by atoms with Crippen molar-refractivity contribution in [3.63, 3.8) is 0 Å². The summed E-state index contributed by atoms with van der Waals surface area (Å²) >= 11 is 0. The third kappa shape index (κ3) is 7.17. The van der Waals surface area contributed by atoms with Crippen LogP contribution in [0.3, 0.4) is 0 Å². The van der Waals surface area contributed by atoms with Crippen molar-refractivity contribution < 1.29 is 14.3 Å². The Bertz CT molecular complexity index is 1320. The summed E-state index contributed by atoms with van der Waals surface area (Å²) in [6, 6.07) is 30.1. The fourth-order valence-corrected chi connectivity index (χ4v) is 3.84. The van der Waals surface area contributed by atoms with Crippen molar-refractivity contribution >= 4 is 5.97 Å². The molecular weight excluding hydrogens is 452 g/mol. The predicted octanol–water partition coefficient (Wildman–Crippen LogP) is 4.48. The smallest absolute Gasteiger partial charge is 0.323 e. The SMILES string of the molecule is NC(CCn1ccc(OCc2ccccc2)cc1=O)C(=O)OCc1ccccc1Cc1ccccc1. The summed E-state index contributed by atoms with van der Waals surface area (Å²) in [7, 11) is 0. The van der Waals surface area contributed by atoms with Crippen LogP contribution in [0.15, 0.2) is 108 Å². The summed E-state index contributed by atoms with van der Waals surface area (Å²) < 4.78 is 12.7. The van der Waals surface area contributed by atoms with E-state index in [1.54, 1.807) is 12.3 Å². The van der Waals surface area contributed by atoms with E-state index >= 15 is 0 Å². The molecule has 4 aromatic rings. The van der Waals surface area contributed by atoms with E-state index in [1.807, 2.05) is 72.8 Å². The first kappa shape index (κ1) is 24.9. The number of carbonyl (C=O) groups excluding carboxylic acids is 1. The van der Waals surface area contributed by atoms with Crippen LogP contribution >= 0.6 is 0 Å². The zero-order valence-corrected chi connectivity index (χ0v) is 20.1. The zero-order valence-electron chi connectivity index (χ0n) is 20.1. The molecule has 0 spiro atoms. The second-order valence-corrected chi connectivity index (χ2v) is 8.60. The van der Waals surface area contributed by atoms with Crippen LogP contribution in [0.2, 0.25) is 0 Å². The van der Waals surface area contributed by atoms with Crippen molar-refractivity contribution in [3.05, 3.63) is 136 Å². The van der Waals surface area contributed by atoms with Gasteiger partial charge in [0.05, 0.1) is 0 Å². The molecule has 0 aliphatic rings. The first-order valence-corrected chi connectivity index (χ1v) is 12.0. The van der Waals surface area contributed by atoms with E-state index in [2.05, 4.69) is 12.1 Å². The van der Waals surface area contributed by atoms with E-state index in [4.69, 9.17) is 15.2 Å². The van der Waals surface area contributed by atoms with Crippen LogP contribution in [0, 0.1) is 0 Å². The number of ether oxygens (including phenoxy) is 2. The van der Waals surface area contributed by atoms with Gasteiger partial charge in [-0.2, -0.15) is 0 Å². The Morgan fingerprint density at radius 1 is 0.806 bits per heavy atom. The van der Waals surface area contributed by atoms with Crippen LogP contribution in [-0.4, -0.2) is 16.6 Å². The Morgan fingerprint density at radius 2 is 1.44 bits per heavy atom. The maximum atomic E-state index is 12.5. The zero-order chi connectivity index (χ0) is 25.2. The Labute approximate surface area is 210 Å². The number of aromatic nitrogens is 1. The second kappa shape index (κ2) is 12.5. The lowest BCUT2D eigenvalue weighted by atomic mass is 10.0. The number of hydrogen-bond donors (Lipinski definition) is 1. The normalized spacial score (nSPS) is 11.6. The number of hydrogen-bond acceptors (Lipinski definition) is 5. The fourth-order valence-electron chi connectivity index (χ4n) is 3.84. The summed E-state index contributed by atoms with van der Waals surface area (Å²) in [5, 5.41) is 0. The standard InChI is InChI=1S/C30H30N2O4/c31-28(16-18-32-17-15-27(20-29(32)33)35-21-24-11-5-2-6-12-24)30(34)36-22-26-14-8-7-13-25(26)19-23-9-3-1-4-10-23/h1-15,17,20,28H,16,18-19,21-22,31H2. The average Bonchev–Trinajstić information content (AvgIpc) is 2.91. The molecule has 0 saturated carbocycles. The third-order valence-electron chi connectivity index (χ3n) is 5.93. The van der Waals surface area contributed by atoms with Gasteiger partial charge in [-0.05, 0) is 41.2 Å². The number of aryl methyl sites for hydroxylation is 1. The van der Waals surface area contributed by atoms with E-state index in [9.17, 15) is 9.59 Å². The summed E-state index contributed by atoms with van der Waals surface area (Å²) in [5.41, 5.74) is 10.1. The molecule has 0 amide bonds. The monoisotopic (exact) mass is 482 g/mol. The first-order chi connectivity index (χ1) is 17.6. The molecule has 0 aliphatic heterocycles. The van der Waals surface area contributed by atoms with Gasteiger partial charge in [-0.3, -0.25) is 9.59 Å². The maximum Gasteiger partial charge on any atom is 0.323 e. The molecule has 0 radical (unpaired) electrons. The van der Waals surface area contributed by atoms with Gasteiger partial charge >= 0.3 is 5.97 Å². The van der Waals surface area contributed by atoms with E-state index in [1.165, 1.54) is 16.2 Å². The molecule has 1 heterocycles. The highest BCUT2D eigenvalue weighted by atomic mass is 16.5. The van der Waals surface area contributed by atoms with Crippen molar-refractivity contribution in [2.24, 2.45) is 5.73 Å². The number of pyridine rings is 1. The van der Waals surface area contributed by atoms with Crippen molar-refractivity contribution in [3.8, 4) is 5.75 Å². The molecular formula is C30H30N2O4. The molecule has 184 valence electrons. The van der Waals surface area contributed by atoms with Gasteiger partial charge in [0.2, 0.25) is 0 Å². The Hall–Kier alpha value is -4.16.